The Kier molecular flexibility index (Phi) is 4.26. The van der Waals surface area contributed by atoms with Crippen LogP contribution in [0.25, 0.3) is 0 Å². The Hall–Kier alpha value is -1.22. The van der Waals surface area contributed by atoms with Crippen molar-refractivity contribution in [2.75, 3.05) is 18.5 Å². The normalized spacial score (nSPS) is 9.57. The molecule has 0 aliphatic carbocycles. The Morgan fingerprint density at radius 2 is 2.21 bits per heavy atom. The van der Waals surface area contributed by atoms with E-state index in [4.69, 9.17) is 16.3 Å². The van der Waals surface area contributed by atoms with Crippen molar-refractivity contribution in [3.8, 4) is 0 Å². The van der Waals surface area contributed by atoms with Crippen LogP contribution in [0.1, 0.15) is 6.92 Å². The summed E-state index contributed by atoms with van der Waals surface area (Å²) in [5, 5.41) is 3.49. The van der Waals surface area contributed by atoms with Crippen LogP contribution in [0.3, 0.4) is 0 Å². The van der Waals surface area contributed by atoms with E-state index in [1.165, 1.54) is 0 Å². The minimum absolute atomic E-state index is 0.136. The second kappa shape index (κ2) is 5.50. The van der Waals surface area contributed by atoms with Gasteiger partial charge in [-0.3, -0.25) is 4.79 Å². The number of anilines is 1. The fourth-order valence-corrected chi connectivity index (χ4v) is 1.19. The van der Waals surface area contributed by atoms with Crippen molar-refractivity contribution in [3.63, 3.8) is 0 Å². The number of nitrogens with one attached hydrogen (secondary N) is 1. The van der Waals surface area contributed by atoms with E-state index in [-0.39, 0.29) is 12.5 Å². The van der Waals surface area contributed by atoms with E-state index in [1.807, 2.05) is 18.2 Å². The van der Waals surface area contributed by atoms with Gasteiger partial charge in [0.2, 0.25) is 0 Å². The van der Waals surface area contributed by atoms with Crippen LogP contribution in [0, 0.1) is 0 Å². The molecule has 0 amide bonds. The van der Waals surface area contributed by atoms with E-state index in [0.717, 1.165) is 5.69 Å². The third-order valence-corrected chi connectivity index (χ3v) is 1.93. The van der Waals surface area contributed by atoms with E-state index >= 15 is 0 Å². The summed E-state index contributed by atoms with van der Waals surface area (Å²) in [6.45, 7) is 2.30. The van der Waals surface area contributed by atoms with Gasteiger partial charge in [-0.05, 0) is 19.1 Å². The second-order valence-electron chi connectivity index (χ2n) is 2.64. The van der Waals surface area contributed by atoms with Crippen molar-refractivity contribution in [1.82, 2.24) is 0 Å². The van der Waals surface area contributed by atoms with Gasteiger partial charge in [-0.25, -0.2) is 0 Å². The maximum atomic E-state index is 11.0. The average Bonchev–Trinajstić information content (AvgIpc) is 2.17. The average molecular weight is 214 g/mol. The largest absolute Gasteiger partial charge is 0.465 e. The summed E-state index contributed by atoms with van der Waals surface area (Å²) in [6, 6.07) is 7.24. The van der Waals surface area contributed by atoms with Crippen molar-refractivity contribution < 1.29 is 9.53 Å². The number of hydrogen-bond acceptors (Lipinski definition) is 3. The molecular weight excluding hydrogens is 202 g/mol. The Labute approximate surface area is 88.0 Å². The molecule has 1 rings (SSSR count). The molecule has 0 aliphatic rings. The summed E-state index contributed by atoms with van der Waals surface area (Å²) in [5.41, 5.74) is 0.738. The number of carbonyl (C=O) groups is 1. The third-order valence-electron chi connectivity index (χ3n) is 1.60. The number of esters is 1. The standard InChI is InChI=1S/C10H12ClNO2/c1-2-14-10(13)7-12-9-6-4-3-5-8(9)11/h3-6,12H,2,7H2,1H3. The first-order chi connectivity index (χ1) is 6.74. The Balaban J connectivity index is 2.46. The first-order valence-electron chi connectivity index (χ1n) is 4.38. The summed E-state index contributed by atoms with van der Waals surface area (Å²) >= 11 is 5.87. The summed E-state index contributed by atoms with van der Waals surface area (Å²) in [4.78, 5) is 11.0. The van der Waals surface area contributed by atoms with E-state index in [0.29, 0.717) is 11.6 Å². The van der Waals surface area contributed by atoms with Gasteiger partial charge in [0.05, 0.1) is 17.3 Å². The lowest BCUT2D eigenvalue weighted by Crippen LogP contribution is -2.16. The minimum Gasteiger partial charge on any atom is -0.465 e. The Morgan fingerprint density at radius 1 is 1.50 bits per heavy atom. The number of carbonyl (C=O) groups excluding carboxylic acids is 1. The third kappa shape index (κ3) is 3.26. The molecule has 14 heavy (non-hydrogen) atoms. The number of benzene rings is 1. The topological polar surface area (TPSA) is 38.3 Å². The lowest BCUT2D eigenvalue weighted by molar-refractivity contribution is -0.140. The highest BCUT2D eigenvalue weighted by molar-refractivity contribution is 6.33. The zero-order chi connectivity index (χ0) is 10.4. The molecule has 0 unspecified atom stereocenters. The van der Waals surface area contributed by atoms with Gasteiger partial charge in [0, 0.05) is 0 Å². The summed E-state index contributed by atoms with van der Waals surface area (Å²) in [7, 11) is 0. The molecule has 1 aromatic carbocycles. The molecule has 3 nitrogen and oxygen atoms in total. The van der Waals surface area contributed by atoms with Crippen LogP contribution in [0.4, 0.5) is 5.69 Å². The smallest absolute Gasteiger partial charge is 0.325 e. The SMILES string of the molecule is CCOC(=O)CNc1ccccc1Cl. The van der Waals surface area contributed by atoms with Crippen molar-refractivity contribution in [3.05, 3.63) is 29.3 Å². The maximum Gasteiger partial charge on any atom is 0.325 e. The van der Waals surface area contributed by atoms with Gasteiger partial charge >= 0.3 is 5.97 Å². The van der Waals surface area contributed by atoms with Crippen LogP contribution in [0.2, 0.25) is 5.02 Å². The highest BCUT2D eigenvalue weighted by atomic mass is 35.5. The second-order valence-corrected chi connectivity index (χ2v) is 3.05. The van der Waals surface area contributed by atoms with E-state index in [9.17, 15) is 4.79 Å². The quantitative estimate of drug-likeness (QED) is 0.781. The van der Waals surface area contributed by atoms with Crippen LogP contribution in [0.5, 0.6) is 0 Å². The molecule has 0 heterocycles. The molecule has 0 atom stereocenters. The van der Waals surface area contributed by atoms with Crippen molar-refractivity contribution in [1.29, 1.82) is 0 Å². The predicted molar refractivity (Wildman–Crippen MR) is 56.6 cm³/mol. The molecular formula is C10H12ClNO2. The highest BCUT2D eigenvalue weighted by Gasteiger charge is 2.02. The molecule has 4 heteroatoms. The number of hydrogen-bond donors (Lipinski definition) is 1. The highest BCUT2D eigenvalue weighted by Crippen LogP contribution is 2.19. The van der Waals surface area contributed by atoms with Crippen molar-refractivity contribution in [2.45, 2.75) is 6.92 Å². The van der Waals surface area contributed by atoms with Crippen LogP contribution in [0.15, 0.2) is 24.3 Å². The maximum absolute atomic E-state index is 11.0. The van der Waals surface area contributed by atoms with Crippen molar-refractivity contribution >= 4 is 23.3 Å². The summed E-state index contributed by atoms with van der Waals surface area (Å²) in [6.07, 6.45) is 0. The first kappa shape index (κ1) is 10.9. The van der Waals surface area contributed by atoms with Crippen LogP contribution < -0.4 is 5.32 Å². The molecule has 0 aliphatic heterocycles. The number of rotatable bonds is 4. The molecule has 0 bridgehead atoms. The van der Waals surface area contributed by atoms with E-state index in [2.05, 4.69) is 5.32 Å². The molecule has 0 fully saturated rings. The van der Waals surface area contributed by atoms with Crippen LogP contribution in [-0.2, 0) is 9.53 Å². The first-order valence-corrected chi connectivity index (χ1v) is 4.76. The molecule has 1 N–H and O–H groups in total. The van der Waals surface area contributed by atoms with Crippen LogP contribution in [-0.4, -0.2) is 19.1 Å². The summed E-state index contributed by atoms with van der Waals surface area (Å²) in [5.74, 6) is -0.285. The zero-order valence-corrected chi connectivity index (χ0v) is 8.67. The molecule has 0 spiro atoms. The van der Waals surface area contributed by atoms with Gasteiger partial charge in [0.1, 0.15) is 6.54 Å². The lowest BCUT2D eigenvalue weighted by Gasteiger charge is -2.06. The molecule has 76 valence electrons. The Bertz CT molecular complexity index is 315. The van der Waals surface area contributed by atoms with Crippen LogP contribution >= 0.6 is 11.6 Å². The minimum atomic E-state index is -0.285. The van der Waals surface area contributed by atoms with E-state index < -0.39 is 0 Å². The molecule has 0 radical (unpaired) electrons. The Morgan fingerprint density at radius 3 is 2.86 bits per heavy atom. The van der Waals surface area contributed by atoms with Gasteiger partial charge < -0.3 is 10.1 Å². The fourth-order valence-electron chi connectivity index (χ4n) is 0.984. The van der Waals surface area contributed by atoms with Gasteiger partial charge in [-0.15, -0.1) is 0 Å². The van der Waals surface area contributed by atoms with Gasteiger partial charge in [-0.2, -0.15) is 0 Å². The molecule has 0 saturated heterocycles. The lowest BCUT2D eigenvalue weighted by atomic mass is 10.3. The zero-order valence-electron chi connectivity index (χ0n) is 7.92. The molecule has 0 saturated carbocycles. The van der Waals surface area contributed by atoms with Gasteiger partial charge in [0.25, 0.3) is 0 Å². The van der Waals surface area contributed by atoms with E-state index in [1.54, 1.807) is 13.0 Å². The molecule has 0 aromatic heterocycles. The van der Waals surface area contributed by atoms with Crippen molar-refractivity contribution in [2.24, 2.45) is 0 Å². The number of ether oxygens (including phenoxy) is 1. The fraction of sp³-hybridized carbons (Fsp3) is 0.300. The monoisotopic (exact) mass is 213 g/mol. The molecule has 1 aromatic rings. The number of halogens is 1. The predicted octanol–water partition coefficient (Wildman–Crippen LogP) is 2.32. The van der Waals surface area contributed by atoms with Gasteiger partial charge in [0.15, 0.2) is 0 Å². The summed E-state index contributed by atoms with van der Waals surface area (Å²) < 4.78 is 4.76. The number of para-hydroxylation sites is 1. The van der Waals surface area contributed by atoms with Gasteiger partial charge in [-0.1, -0.05) is 23.7 Å².